The van der Waals surface area contributed by atoms with Crippen LogP contribution in [0.5, 0.6) is 0 Å². The fourth-order valence-electron chi connectivity index (χ4n) is 2.19. The Morgan fingerprint density at radius 2 is 2.04 bits per heavy atom. The van der Waals surface area contributed by atoms with Crippen LogP contribution in [0, 0.1) is 12.8 Å². The zero-order valence-corrected chi connectivity index (χ0v) is 14.3. The average Bonchev–Trinajstić information content (AvgIpc) is 2.52. The number of aromatic nitrogens is 2. The lowest BCUT2D eigenvalue weighted by molar-refractivity contribution is 0.201. The summed E-state index contributed by atoms with van der Waals surface area (Å²) in [6.45, 7) is 7.03. The van der Waals surface area contributed by atoms with Gasteiger partial charge in [-0.25, -0.2) is 4.79 Å². The van der Waals surface area contributed by atoms with Crippen LogP contribution in [0.3, 0.4) is 0 Å². The first kappa shape index (κ1) is 17.2. The van der Waals surface area contributed by atoms with E-state index in [9.17, 15) is 4.79 Å². The second-order valence-electron chi connectivity index (χ2n) is 5.78. The number of urea groups is 1. The summed E-state index contributed by atoms with van der Waals surface area (Å²) >= 11 is 6.20. The standard InChI is InChI=1S/C17H21ClN4O/c1-12(2)10-22(11-14-6-4-5-8-20-14)17(23)21-15-7-9-19-13(3)16(15)18/h4-9,12H,10-11H2,1-3H3,(H,19,21,23). The van der Waals surface area contributed by atoms with Gasteiger partial charge in [-0.15, -0.1) is 0 Å². The third-order valence-electron chi connectivity index (χ3n) is 3.26. The molecule has 0 bridgehead atoms. The molecule has 0 aromatic carbocycles. The van der Waals surface area contributed by atoms with Crippen LogP contribution < -0.4 is 5.32 Å². The Bertz CT molecular complexity index is 661. The summed E-state index contributed by atoms with van der Waals surface area (Å²) in [6, 6.07) is 7.18. The maximum Gasteiger partial charge on any atom is 0.322 e. The lowest BCUT2D eigenvalue weighted by Crippen LogP contribution is -2.37. The highest BCUT2D eigenvalue weighted by Crippen LogP contribution is 2.24. The summed E-state index contributed by atoms with van der Waals surface area (Å²) in [5.41, 5.74) is 2.10. The van der Waals surface area contributed by atoms with E-state index in [2.05, 4.69) is 29.1 Å². The van der Waals surface area contributed by atoms with Gasteiger partial charge in [0, 0.05) is 18.9 Å². The van der Waals surface area contributed by atoms with Crippen LogP contribution in [-0.4, -0.2) is 27.4 Å². The van der Waals surface area contributed by atoms with E-state index in [4.69, 9.17) is 11.6 Å². The van der Waals surface area contributed by atoms with Crippen molar-refractivity contribution in [3.63, 3.8) is 0 Å². The molecule has 2 amide bonds. The fourth-order valence-corrected chi connectivity index (χ4v) is 2.35. The molecule has 0 unspecified atom stereocenters. The van der Waals surface area contributed by atoms with Gasteiger partial charge in [-0.1, -0.05) is 31.5 Å². The SMILES string of the molecule is Cc1nccc(NC(=O)N(Cc2ccccn2)CC(C)C)c1Cl. The Morgan fingerprint density at radius 3 is 2.70 bits per heavy atom. The van der Waals surface area contributed by atoms with Gasteiger partial charge >= 0.3 is 6.03 Å². The predicted molar refractivity (Wildman–Crippen MR) is 92.5 cm³/mol. The number of pyridine rings is 2. The molecule has 0 saturated carbocycles. The Kier molecular flexibility index (Phi) is 5.93. The molecule has 6 heteroatoms. The van der Waals surface area contributed by atoms with Crippen molar-refractivity contribution >= 4 is 23.3 Å². The van der Waals surface area contributed by atoms with Gasteiger partial charge in [0.15, 0.2) is 0 Å². The molecule has 23 heavy (non-hydrogen) atoms. The number of nitrogens with one attached hydrogen (secondary N) is 1. The summed E-state index contributed by atoms with van der Waals surface area (Å²) in [5.74, 6) is 0.346. The van der Waals surface area contributed by atoms with E-state index in [0.717, 1.165) is 5.69 Å². The third-order valence-corrected chi connectivity index (χ3v) is 3.73. The zero-order chi connectivity index (χ0) is 16.8. The van der Waals surface area contributed by atoms with E-state index >= 15 is 0 Å². The van der Waals surface area contributed by atoms with E-state index in [1.54, 1.807) is 30.3 Å². The Hall–Kier alpha value is -2.14. The molecule has 2 heterocycles. The average molecular weight is 333 g/mol. The van der Waals surface area contributed by atoms with Gasteiger partial charge in [0.25, 0.3) is 0 Å². The van der Waals surface area contributed by atoms with Crippen molar-refractivity contribution in [3.05, 3.63) is 53.1 Å². The molecule has 0 atom stereocenters. The number of anilines is 1. The molecule has 0 aliphatic rings. The minimum atomic E-state index is -0.197. The number of hydrogen-bond donors (Lipinski definition) is 1. The summed E-state index contributed by atoms with van der Waals surface area (Å²) in [6.07, 6.45) is 3.35. The Labute approximate surface area is 141 Å². The van der Waals surface area contributed by atoms with E-state index in [1.807, 2.05) is 18.2 Å². The van der Waals surface area contributed by atoms with Crippen molar-refractivity contribution in [3.8, 4) is 0 Å². The summed E-state index contributed by atoms with van der Waals surface area (Å²) in [7, 11) is 0. The van der Waals surface area contributed by atoms with Gasteiger partial charge < -0.3 is 10.2 Å². The van der Waals surface area contributed by atoms with Crippen LogP contribution >= 0.6 is 11.6 Å². The highest BCUT2D eigenvalue weighted by atomic mass is 35.5. The van der Waals surface area contributed by atoms with Gasteiger partial charge in [0.05, 0.1) is 28.6 Å². The molecule has 0 fully saturated rings. The van der Waals surface area contributed by atoms with E-state index in [1.165, 1.54) is 0 Å². The molecular weight excluding hydrogens is 312 g/mol. The van der Waals surface area contributed by atoms with Crippen molar-refractivity contribution in [1.82, 2.24) is 14.9 Å². The fraction of sp³-hybridized carbons (Fsp3) is 0.353. The number of amides is 2. The van der Waals surface area contributed by atoms with Crippen LogP contribution in [0.4, 0.5) is 10.5 Å². The lowest BCUT2D eigenvalue weighted by atomic mass is 10.2. The van der Waals surface area contributed by atoms with E-state index in [-0.39, 0.29) is 6.03 Å². The normalized spacial score (nSPS) is 10.7. The lowest BCUT2D eigenvalue weighted by Gasteiger charge is -2.25. The van der Waals surface area contributed by atoms with E-state index in [0.29, 0.717) is 35.4 Å². The van der Waals surface area contributed by atoms with Crippen molar-refractivity contribution in [1.29, 1.82) is 0 Å². The van der Waals surface area contributed by atoms with Gasteiger partial charge in [-0.2, -0.15) is 0 Å². The monoisotopic (exact) mass is 332 g/mol. The summed E-state index contributed by atoms with van der Waals surface area (Å²) in [5, 5.41) is 3.33. The van der Waals surface area contributed by atoms with E-state index < -0.39 is 0 Å². The summed E-state index contributed by atoms with van der Waals surface area (Å²) < 4.78 is 0. The molecule has 0 aliphatic carbocycles. The van der Waals surface area contributed by atoms with Gasteiger partial charge in [-0.3, -0.25) is 9.97 Å². The number of carbonyl (C=O) groups excluding carboxylic acids is 1. The minimum absolute atomic E-state index is 0.197. The first-order chi connectivity index (χ1) is 11.0. The number of carbonyl (C=O) groups is 1. The van der Waals surface area contributed by atoms with Crippen LogP contribution in [0.2, 0.25) is 5.02 Å². The van der Waals surface area contributed by atoms with Gasteiger partial charge in [0.2, 0.25) is 0 Å². The number of hydrogen-bond acceptors (Lipinski definition) is 3. The minimum Gasteiger partial charge on any atom is -0.318 e. The molecule has 122 valence electrons. The molecular formula is C17H21ClN4O. The molecule has 0 saturated heterocycles. The predicted octanol–water partition coefficient (Wildman–Crippen LogP) is 4.13. The zero-order valence-electron chi connectivity index (χ0n) is 13.6. The summed E-state index contributed by atoms with van der Waals surface area (Å²) in [4.78, 5) is 22.7. The third kappa shape index (κ3) is 4.93. The number of rotatable bonds is 5. The Morgan fingerprint density at radius 1 is 1.26 bits per heavy atom. The first-order valence-corrected chi connectivity index (χ1v) is 7.92. The van der Waals surface area contributed by atoms with Crippen LogP contribution in [-0.2, 0) is 6.54 Å². The molecule has 2 rings (SSSR count). The van der Waals surface area contributed by atoms with Crippen molar-refractivity contribution < 1.29 is 4.79 Å². The topological polar surface area (TPSA) is 58.1 Å². The molecule has 0 aliphatic heterocycles. The van der Waals surface area contributed by atoms with Gasteiger partial charge in [0.1, 0.15) is 0 Å². The molecule has 2 aromatic heterocycles. The molecule has 5 nitrogen and oxygen atoms in total. The van der Waals surface area contributed by atoms with Crippen LogP contribution in [0.25, 0.3) is 0 Å². The van der Waals surface area contributed by atoms with Crippen molar-refractivity contribution in [2.24, 2.45) is 5.92 Å². The molecule has 2 aromatic rings. The second kappa shape index (κ2) is 7.92. The highest BCUT2D eigenvalue weighted by Gasteiger charge is 2.17. The molecule has 1 N–H and O–H groups in total. The smallest absolute Gasteiger partial charge is 0.318 e. The van der Waals surface area contributed by atoms with Crippen molar-refractivity contribution in [2.75, 3.05) is 11.9 Å². The molecule has 0 spiro atoms. The Balaban J connectivity index is 2.14. The first-order valence-electron chi connectivity index (χ1n) is 7.54. The quantitative estimate of drug-likeness (QED) is 0.895. The van der Waals surface area contributed by atoms with Crippen molar-refractivity contribution in [2.45, 2.75) is 27.3 Å². The number of halogens is 1. The van der Waals surface area contributed by atoms with Crippen LogP contribution in [0.1, 0.15) is 25.2 Å². The largest absolute Gasteiger partial charge is 0.322 e. The maximum atomic E-state index is 12.6. The maximum absolute atomic E-state index is 12.6. The highest BCUT2D eigenvalue weighted by molar-refractivity contribution is 6.34. The number of aryl methyl sites for hydroxylation is 1. The second-order valence-corrected chi connectivity index (χ2v) is 6.16. The van der Waals surface area contributed by atoms with Gasteiger partial charge in [-0.05, 0) is 31.0 Å². The van der Waals surface area contributed by atoms with Crippen LogP contribution in [0.15, 0.2) is 36.7 Å². The molecule has 0 radical (unpaired) electrons. The number of nitrogens with zero attached hydrogens (tertiary/aromatic N) is 3.